The molecule has 2 aliphatic heterocycles. The maximum atomic E-state index is 13.1. The number of amides is 3. The summed E-state index contributed by atoms with van der Waals surface area (Å²) in [5.41, 5.74) is 4.17. The molecule has 6 aliphatic rings. The third-order valence-electron chi connectivity index (χ3n) is 8.48. The molecule has 12 heteroatoms. The number of carbonyl (C=O) groups is 3. The van der Waals surface area contributed by atoms with Crippen LogP contribution in [0.2, 0.25) is 0 Å². The van der Waals surface area contributed by atoms with Crippen LogP contribution in [0.3, 0.4) is 0 Å². The number of hydrogen-bond donors (Lipinski definition) is 1. The van der Waals surface area contributed by atoms with Crippen molar-refractivity contribution in [3.8, 4) is 0 Å². The molecule has 2 unspecified atom stereocenters. The number of rotatable bonds is 9. The lowest BCUT2D eigenvalue weighted by Gasteiger charge is -2.55. The van der Waals surface area contributed by atoms with E-state index in [4.69, 9.17) is 18.9 Å². The first kappa shape index (κ1) is 24.8. The Hall–Kier alpha value is -1.92. The van der Waals surface area contributed by atoms with Gasteiger partial charge in [0.1, 0.15) is 6.04 Å². The van der Waals surface area contributed by atoms with E-state index in [0.717, 1.165) is 24.3 Å². The fourth-order valence-electron chi connectivity index (χ4n) is 7.19. The molecule has 6 fully saturated rings. The lowest BCUT2D eigenvalue weighted by atomic mass is 9.49. The number of nitrogens with zero attached hydrogens (tertiary/aromatic N) is 2. The molecule has 2 saturated heterocycles. The van der Waals surface area contributed by atoms with E-state index in [9.17, 15) is 22.8 Å². The number of ether oxygens (including phenoxy) is 1. The van der Waals surface area contributed by atoms with Crippen LogP contribution in [0.4, 0.5) is 4.79 Å². The molecule has 0 spiro atoms. The van der Waals surface area contributed by atoms with Crippen LogP contribution in [-0.4, -0.2) is 68.1 Å². The molecule has 4 saturated carbocycles. The van der Waals surface area contributed by atoms with Crippen LogP contribution in [-0.2, 0) is 33.2 Å². The van der Waals surface area contributed by atoms with Crippen LogP contribution >= 0.6 is 0 Å². The minimum Gasteiger partial charge on any atom is -0.465 e. The summed E-state index contributed by atoms with van der Waals surface area (Å²) in [6.45, 7) is 3.37. The Balaban J connectivity index is 1.13. The molecule has 196 valence electrons. The summed E-state index contributed by atoms with van der Waals surface area (Å²) < 4.78 is 40.8. The second-order valence-corrected chi connectivity index (χ2v) is 13.3. The minimum absolute atomic E-state index is 0.0163. The van der Waals surface area contributed by atoms with Crippen LogP contribution in [0.15, 0.2) is 0 Å². The second-order valence-electron chi connectivity index (χ2n) is 12.1. The Morgan fingerprint density at radius 2 is 1.66 bits per heavy atom. The minimum atomic E-state index is -4.56. The number of urea groups is 1. The van der Waals surface area contributed by atoms with Crippen molar-refractivity contribution < 1.29 is 36.0 Å². The summed E-state index contributed by atoms with van der Waals surface area (Å²) in [6.07, 6.45) is 7.10. The highest BCUT2D eigenvalue weighted by Crippen LogP contribution is 2.60. The van der Waals surface area contributed by atoms with Gasteiger partial charge in [-0.1, -0.05) is 13.8 Å². The van der Waals surface area contributed by atoms with E-state index in [1.54, 1.807) is 13.8 Å². The fourth-order valence-corrected chi connectivity index (χ4v) is 8.08. The van der Waals surface area contributed by atoms with Crippen molar-refractivity contribution in [3.63, 3.8) is 0 Å². The SMILES string of the molecule is CC(C)(COC(=O)C12CC3CC(CC(C3)C1)C2)COS(=O)(=O)ON1C(=O)N2CC1CCC2C(N)=O. The molecule has 11 nitrogen and oxygen atoms in total. The Bertz CT molecular complexity index is 977. The number of nitrogens with two attached hydrogens (primary N) is 1. The van der Waals surface area contributed by atoms with Crippen molar-refractivity contribution in [1.82, 2.24) is 9.96 Å². The summed E-state index contributed by atoms with van der Waals surface area (Å²) in [5.74, 6) is 1.05. The lowest BCUT2D eigenvalue weighted by molar-refractivity contribution is -0.175. The van der Waals surface area contributed by atoms with Gasteiger partial charge in [0.15, 0.2) is 0 Å². The van der Waals surface area contributed by atoms with Gasteiger partial charge in [-0.15, -0.1) is 4.28 Å². The van der Waals surface area contributed by atoms with E-state index in [0.29, 0.717) is 30.6 Å². The normalized spacial score (nSPS) is 36.1. The molecule has 6 bridgehead atoms. The van der Waals surface area contributed by atoms with Crippen LogP contribution in [0.25, 0.3) is 0 Å². The monoisotopic (exact) mass is 513 g/mol. The Morgan fingerprint density at radius 3 is 2.23 bits per heavy atom. The van der Waals surface area contributed by atoms with Gasteiger partial charge in [-0.25, -0.2) is 8.98 Å². The van der Waals surface area contributed by atoms with Crippen molar-refractivity contribution in [2.24, 2.45) is 34.3 Å². The van der Waals surface area contributed by atoms with Gasteiger partial charge in [-0.2, -0.15) is 13.5 Å². The summed E-state index contributed by atoms with van der Waals surface area (Å²) in [4.78, 5) is 38.5. The van der Waals surface area contributed by atoms with E-state index < -0.39 is 39.8 Å². The van der Waals surface area contributed by atoms with E-state index in [-0.39, 0.29) is 31.1 Å². The van der Waals surface area contributed by atoms with Gasteiger partial charge in [0.2, 0.25) is 5.91 Å². The number of primary amides is 1. The first-order chi connectivity index (χ1) is 16.4. The number of piperidine rings is 1. The maximum absolute atomic E-state index is 13.1. The third-order valence-corrected chi connectivity index (χ3v) is 9.23. The van der Waals surface area contributed by atoms with Gasteiger partial charge in [0.25, 0.3) is 0 Å². The first-order valence-corrected chi connectivity index (χ1v) is 13.9. The van der Waals surface area contributed by atoms with Gasteiger partial charge < -0.3 is 15.4 Å². The number of esters is 1. The lowest BCUT2D eigenvalue weighted by Crippen LogP contribution is -2.51. The van der Waals surface area contributed by atoms with Crippen molar-refractivity contribution in [1.29, 1.82) is 0 Å². The predicted octanol–water partition coefficient (Wildman–Crippen LogP) is 1.72. The summed E-state index contributed by atoms with van der Waals surface area (Å²) >= 11 is 0. The molecule has 4 aliphatic carbocycles. The van der Waals surface area contributed by atoms with Crippen molar-refractivity contribution in [3.05, 3.63) is 0 Å². The van der Waals surface area contributed by atoms with Gasteiger partial charge >= 0.3 is 22.4 Å². The van der Waals surface area contributed by atoms with E-state index >= 15 is 0 Å². The van der Waals surface area contributed by atoms with E-state index in [1.807, 2.05) is 0 Å². The van der Waals surface area contributed by atoms with Crippen molar-refractivity contribution in [2.75, 3.05) is 19.8 Å². The molecule has 2 heterocycles. The van der Waals surface area contributed by atoms with Crippen molar-refractivity contribution >= 4 is 28.3 Å². The fraction of sp³-hybridized carbons (Fsp3) is 0.870. The molecular weight excluding hydrogens is 478 g/mol. The zero-order valence-corrected chi connectivity index (χ0v) is 21.1. The van der Waals surface area contributed by atoms with Gasteiger partial charge in [-0.3, -0.25) is 9.59 Å². The summed E-state index contributed by atoms with van der Waals surface area (Å²) in [7, 11) is -4.56. The molecule has 2 N–H and O–H groups in total. The number of carbonyl (C=O) groups excluding carboxylic acids is 3. The van der Waals surface area contributed by atoms with Crippen LogP contribution in [0.5, 0.6) is 0 Å². The van der Waals surface area contributed by atoms with Crippen LogP contribution < -0.4 is 5.73 Å². The molecule has 35 heavy (non-hydrogen) atoms. The number of hydroxylamine groups is 2. The first-order valence-electron chi connectivity index (χ1n) is 12.5. The number of hydrogen-bond acceptors (Lipinski definition) is 8. The van der Waals surface area contributed by atoms with Gasteiger partial charge in [0, 0.05) is 12.0 Å². The Kier molecular flexibility index (Phi) is 6.07. The zero-order valence-electron chi connectivity index (χ0n) is 20.3. The molecule has 6 rings (SSSR count). The molecule has 3 amide bonds. The number of fused-ring (bicyclic) bond motifs is 2. The van der Waals surface area contributed by atoms with E-state index in [2.05, 4.69) is 0 Å². The summed E-state index contributed by atoms with van der Waals surface area (Å²) in [6, 6.07) is -2.02. The smallest absolute Gasteiger partial charge is 0.421 e. The molecule has 0 radical (unpaired) electrons. The van der Waals surface area contributed by atoms with Gasteiger partial charge in [0.05, 0.1) is 24.7 Å². The molecular formula is C23H35N3O8S. The summed E-state index contributed by atoms with van der Waals surface area (Å²) in [5, 5.41) is 0.748. The van der Waals surface area contributed by atoms with Gasteiger partial charge in [-0.05, 0) is 69.1 Å². The predicted molar refractivity (Wildman–Crippen MR) is 121 cm³/mol. The van der Waals surface area contributed by atoms with Crippen LogP contribution in [0, 0.1) is 28.6 Å². The third kappa shape index (κ3) is 4.76. The zero-order chi connectivity index (χ0) is 25.2. The molecule has 2 atom stereocenters. The Morgan fingerprint density at radius 1 is 1.06 bits per heavy atom. The molecule has 0 aromatic carbocycles. The Labute approximate surface area is 205 Å². The van der Waals surface area contributed by atoms with Crippen LogP contribution in [0.1, 0.15) is 65.2 Å². The second kappa shape index (κ2) is 8.58. The quantitative estimate of drug-likeness (QED) is 0.459. The standard InChI is InChI=1S/C23H35N3O8S/c1-22(2,12-32-20(28)23-8-14-5-15(9-23)7-16(6-14)10-23)13-33-35(30,31)34-26-17-3-4-18(19(24)27)25(11-17)21(26)29/h14-18H,3-13H2,1-2H3,(H2,24,27). The maximum Gasteiger partial charge on any atom is 0.421 e. The topological polar surface area (TPSA) is 146 Å². The van der Waals surface area contributed by atoms with Crippen molar-refractivity contribution in [2.45, 2.75) is 77.3 Å². The highest BCUT2D eigenvalue weighted by Gasteiger charge is 2.55. The largest absolute Gasteiger partial charge is 0.465 e. The average Bonchev–Trinajstić information content (AvgIpc) is 2.99. The highest BCUT2D eigenvalue weighted by atomic mass is 32.3. The molecule has 0 aromatic heterocycles. The highest BCUT2D eigenvalue weighted by molar-refractivity contribution is 7.81. The molecule has 0 aromatic rings. The average molecular weight is 514 g/mol. The van der Waals surface area contributed by atoms with E-state index in [1.165, 1.54) is 24.2 Å².